The van der Waals surface area contributed by atoms with Gasteiger partial charge in [0.1, 0.15) is 17.9 Å². The zero-order valence-corrected chi connectivity index (χ0v) is 11.1. The van der Waals surface area contributed by atoms with Crippen LogP contribution in [0.2, 0.25) is 0 Å². The van der Waals surface area contributed by atoms with Gasteiger partial charge in [0.25, 0.3) is 0 Å². The molecular formula is C15H15N3O2. The van der Waals surface area contributed by atoms with E-state index in [0.717, 1.165) is 16.9 Å². The molecule has 0 fully saturated rings. The Balaban J connectivity index is 1.82. The fourth-order valence-corrected chi connectivity index (χ4v) is 2.06. The number of fused-ring (bicyclic) bond motifs is 1. The molecule has 0 unspecified atom stereocenters. The van der Waals surface area contributed by atoms with Crippen molar-refractivity contribution in [3.63, 3.8) is 0 Å². The van der Waals surface area contributed by atoms with E-state index in [1.54, 1.807) is 7.11 Å². The fraction of sp³-hybridized carbons (Fsp3) is 0.133. The number of nitrogens with one attached hydrogen (secondary N) is 1. The number of nitrogens with two attached hydrogens (primary N) is 1. The minimum atomic E-state index is 0.328. The lowest BCUT2D eigenvalue weighted by Crippen LogP contribution is -1.99. The molecule has 0 amide bonds. The Morgan fingerprint density at radius 2 is 1.90 bits per heavy atom. The van der Waals surface area contributed by atoms with Crippen LogP contribution in [0.25, 0.3) is 11.0 Å². The van der Waals surface area contributed by atoms with Crippen LogP contribution >= 0.6 is 0 Å². The number of benzene rings is 2. The van der Waals surface area contributed by atoms with Crippen molar-refractivity contribution in [3.05, 3.63) is 48.3 Å². The van der Waals surface area contributed by atoms with Crippen molar-refractivity contribution >= 4 is 16.7 Å². The van der Waals surface area contributed by atoms with Crippen molar-refractivity contribution in [1.29, 1.82) is 0 Å². The number of rotatable bonds is 4. The maximum Gasteiger partial charge on any atom is 0.161 e. The lowest BCUT2D eigenvalue weighted by Gasteiger charge is -2.08. The molecule has 0 radical (unpaired) electrons. The molecular weight excluding hydrogens is 254 g/mol. The number of anilines is 1. The summed E-state index contributed by atoms with van der Waals surface area (Å²) in [5.41, 5.74) is 8.21. The van der Waals surface area contributed by atoms with Crippen molar-refractivity contribution in [2.45, 2.75) is 6.61 Å². The minimum absolute atomic E-state index is 0.328. The van der Waals surface area contributed by atoms with Gasteiger partial charge in [-0.25, -0.2) is 4.98 Å². The summed E-state index contributed by atoms with van der Waals surface area (Å²) in [5, 5.41) is 0. The van der Waals surface area contributed by atoms with Crippen LogP contribution in [-0.2, 0) is 6.61 Å². The molecule has 0 saturated heterocycles. The van der Waals surface area contributed by atoms with Gasteiger partial charge in [-0.2, -0.15) is 0 Å². The predicted octanol–water partition coefficient (Wildman–Crippen LogP) is 2.73. The van der Waals surface area contributed by atoms with Gasteiger partial charge in [-0.3, -0.25) is 0 Å². The summed E-state index contributed by atoms with van der Waals surface area (Å²) in [6, 6.07) is 13.2. The summed E-state index contributed by atoms with van der Waals surface area (Å²) < 4.78 is 11.0. The highest BCUT2D eigenvalue weighted by molar-refractivity contribution is 5.86. The van der Waals surface area contributed by atoms with Gasteiger partial charge in [0.2, 0.25) is 0 Å². The molecule has 0 atom stereocenters. The molecule has 3 aromatic rings. The second-order valence-electron chi connectivity index (χ2n) is 4.37. The van der Waals surface area contributed by atoms with Crippen LogP contribution in [0.3, 0.4) is 0 Å². The van der Waals surface area contributed by atoms with E-state index >= 15 is 0 Å². The Bertz CT molecular complexity index is 737. The monoisotopic (exact) mass is 269 g/mol. The number of aromatic nitrogens is 2. The van der Waals surface area contributed by atoms with Crippen LogP contribution in [0.1, 0.15) is 5.82 Å². The van der Waals surface area contributed by atoms with Gasteiger partial charge in [-0.1, -0.05) is 18.2 Å². The number of para-hydroxylation sites is 3. The molecule has 20 heavy (non-hydrogen) atoms. The number of ether oxygens (including phenoxy) is 2. The molecule has 0 bridgehead atoms. The number of nitrogens with zero attached hydrogens (tertiary/aromatic N) is 1. The molecule has 0 aliphatic rings. The standard InChI is InChI=1S/C15H15N3O2/c1-19-12-7-2-3-8-13(12)20-9-14-17-11-6-4-5-10(16)15(11)18-14/h2-8H,9,16H2,1H3,(H,17,18). The number of nitrogen functional groups attached to an aromatic ring is 1. The van der Waals surface area contributed by atoms with E-state index in [9.17, 15) is 0 Å². The van der Waals surface area contributed by atoms with E-state index in [1.165, 1.54) is 0 Å². The van der Waals surface area contributed by atoms with E-state index in [-0.39, 0.29) is 0 Å². The first-order chi connectivity index (χ1) is 9.78. The van der Waals surface area contributed by atoms with Crippen LogP contribution in [-0.4, -0.2) is 17.1 Å². The number of imidazole rings is 1. The first-order valence-corrected chi connectivity index (χ1v) is 6.27. The van der Waals surface area contributed by atoms with Crippen molar-refractivity contribution in [1.82, 2.24) is 9.97 Å². The maximum absolute atomic E-state index is 5.88. The first kappa shape index (κ1) is 12.3. The zero-order valence-electron chi connectivity index (χ0n) is 11.1. The third-order valence-electron chi connectivity index (χ3n) is 3.03. The molecule has 102 valence electrons. The van der Waals surface area contributed by atoms with Gasteiger partial charge in [0.15, 0.2) is 11.5 Å². The number of hydrogen-bond donors (Lipinski definition) is 2. The highest BCUT2D eigenvalue weighted by atomic mass is 16.5. The number of methoxy groups -OCH3 is 1. The largest absolute Gasteiger partial charge is 0.493 e. The summed E-state index contributed by atoms with van der Waals surface area (Å²) in [6.07, 6.45) is 0. The molecule has 3 N–H and O–H groups in total. The Hall–Kier alpha value is -2.69. The van der Waals surface area contributed by atoms with Gasteiger partial charge in [0, 0.05) is 0 Å². The lowest BCUT2D eigenvalue weighted by atomic mass is 10.3. The molecule has 0 aliphatic heterocycles. The van der Waals surface area contributed by atoms with Crippen LogP contribution in [0.5, 0.6) is 11.5 Å². The predicted molar refractivity (Wildman–Crippen MR) is 77.8 cm³/mol. The number of hydrogen-bond acceptors (Lipinski definition) is 4. The van der Waals surface area contributed by atoms with E-state index in [4.69, 9.17) is 15.2 Å². The topological polar surface area (TPSA) is 73.2 Å². The summed E-state index contributed by atoms with van der Waals surface area (Å²) in [4.78, 5) is 7.62. The van der Waals surface area contributed by atoms with Crippen LogP contribution in [0.4, 0.5) is 5.69 Å². The maximum atomic E-state index is 5.88. The Kier molecular flexibility index (Phi) is 3.16. The van der Waals surface area contributed by atoms with Gasteiger partial charge < -0.3 is 20.2 Å². The van der Waals surface area contributed by atoms with Crippen LogP contribution < -0.4 is 15.2 Å². The summed E-state index contributed by atoms with van der Waals surface area (Å²) in [5.74, 6) is 2.11. The van der Waals surface area contributed by atoms with Crippen molar-refractivity contribution in [2.75, 3.05) is 12.8 Å². The van der Waals surface area contributed by atoms with Crippen LogP contribution in [0, 0.1) is 0 Å². The second-order valence-corrected chi connectivity index (χ2v) is 4.37. The van der Waals surface area contributed by atoms with E-state index < -0.39 is 0 Å². The average molecular weight is 269 g/mol. The summed E-state index contributed by atoms with van der Waals surface area (Å²) in [7, 11) is 1.62. The molecule has 3 rings (SSSR count). The molecule has 1 heterocycles. The number of H-pyrrole nitrogens is 1. The van der Waals surface area contributed by atoms with E-state index in [0.29, 0.717) is 23.8 Å². The lowest BCUT2D eigenvalue weighted by molar-refractivity contribution is 0.277. The molecule has 0 aliphatic carbocycles. The minimum Gasteiger partial charge on any atom is -0.493 e. The zero-order chi connectivity index (χ0) is 13.9. The molecule has 5 heteroatoms. The number of aromatic amines is 1. The van der Waals surface area contributed by atoms with Gasteiger partial charge in [0.05, 0.1) is 18.3 Å². The highest BCUT2D eigenvalue weighted by Crippen LogP contribution is 2.26. The van der Waals surface area contributed by atoms with Gasteiger partial charge in [-0.05, 0) is 24.3 Å². The molecule has 5 nitrogen and oxygen atoms in total. The smallest absolute Gasteiger partial charge is 0.161 e. The van der Waals surface area contributed by atoms with Crippen molar-refractivity contribution in [3.8, 4) is 11.5 Å². The molecule has 1 aromatic heterocycles. The SMILES string of the molecule is COc1ccccc1OCc1nc2c(N)cccc2[nH]1. The summed E-state index contributed by atoms with van der Waals surface area (Å²) in [6.45, 7) is 0.328. The van der Waals surface area contributed by atoms with E-state index in [1.807, 2.05) is 42.5 Å². The summed E-state index contributed by atoms with van der Waals surface area (Å²) >= 11 is 0. The Morgan fingerprint density at radius 3 is 2.65 bits per heavy atom. The Labute approximate surface area is 116 Å². The molecule has 0 spiro atoms. The van der Waals surface area contributed by atoms with Gasteiger partial charge in [-0.15, -0.1) is 0 Å². The van der Waals surface area contributed by atoms with Crippen molar-refractivity contribution in [2.24, 2.45) is 0 Å². The first-order valence-electron chi connectivity index (χ1n) is 6.27. The average Bonchev–Trinajstić information content (AvgIpc) is 2.90. The Morgan fingerprint density at radius 1 is 1.10 bits per heavy atom. The third-order valence-corrected chi connectivity index (χ3v) is 3.03. The second kappa shape index (κ2) is 5.13. The quantitative estimate of drug-likeness (QED) is 0.714. The fourth-order valence-electron chi connectivity index (χ4n) is 2.06. The van der Waals surface area contributed by atoms with E-state index in [2.05, 4.69) is 9.97 Å². The molecule has 0 saturated carbocycles. The van der Waals surface area contributed by atoms with Crippen molar-refractivity contribution < 1.29 is 9.47 Å². The highest BCUT2D eigenvalue weighted by Gasteiger charge is 2.07. The normalized spacial score (nSPS) is 10.7. The third kappa shape index (κ3) is 2.25. The molecule has 2 aromatic carbocycles. The van der Waals surface area contributed by atoms with Gasteiger partial charge >= 0.3 is 0 Å². The van der Waals surface area contributed by atoms with Crippen LogP contribution in [0.15, 0.2) is 42.5 Å².